The van der Waals surface area contributed by atoms with E-state index in [1.54, 1.807) is 18.6 Å². The molecule has 4 nitrogen and oxygen atoms in total. The predicted molar refractivity (Wildman–Crippen MR) is 67.4 cm³/mol. The number of pyridine rings is 1. The third-order valence-electron chi connectivity index (χ3n) is 2.34. The number of nitrogens with two attached hydrogens (primary N) is 1. The highest BCUT2D eigenvalue weighted by atomic mass is 127. The lowest BCUT2D eigenvalue weighted by atomic mass is 10.1. The van der Waals surface area contributed by atoms with Crippen LogP contribution in [-0.4, -0.2) is 14.8 Å². The molecule has 0 aliphatic carbocycles. The molecule has 2 aromatic rings. The van der Waals surface area contributed by atoms with E-state index in [4.69, 9.17) is 5.73 Å². The lowest BCUT2D eigenvalue weighted by molar-refractivity contribution is 0.572. The predicted octanol–water partition coefficient (Wildman–Crippen LogP) is 2.07. The first-order valence-corrected chi connectivity index (χ1v) is 5.66. The molecule has 0 saturated carbocycles. The summed E-state index contributed by atoms with van der Waals surface area (Å²) in [5, 5.41) is 4.26. The molecule has 0 amide bonds. The summed E-state index contributed by atoms with van der Waals surface area (Å²) in [6.07, 6.45) is 5.32. The fourth-order valence-corrected chi connectivity index (χ4v) is 1.81. The third kappa shape index (κ3) is 1.97. The van der Waals surface area contributed by atoms with Crippen LogP contribution in [0.25, 0.3) is 0 Å². The Balaban J connectivity index is 2.37. The molecule has 0 fully saturated rings. The molecule has 0 bridgehead atoms. The lowest BCUT2D eigenvalue weighted by Crippen LogP contribution is -2.11. The van der Waals surface area contributed by atoms with Gasteiger partial charge in [-0.1, -0.05) is 0 Å². The van der Waals surface area contributed by atoms with Crippen LogP contribution in [0.15, 0.2) is 30.7 Å². The second kappa shape index (κ2) is 4.18. The molecule has 15 heavy (non-hydrogen) atoms. The van der Waals surface area contributed by atoms with Crippen LogP contribution >= 0.6 is 22.6 Å². The standard InChI is InChI=1S/C10H11IN4/c1-7(8-2-4-13-5-3-8)15-10(12)9(11)6-14-15/h2-7H,12H2,1H3. The van der Waals surface area contributed by atoms with E-state index in [1.807, 2.05) is 16.8 Å². The highest BCUT2D eigenvalue weighted by molar-refractivity contribution is 14.1. The molecule has 1 unspecified atom stereocenters. The Morgan fingerprint density at radius 2 is 2.07 bits per heavy atom. The summed E-state index contributed by atoms with van der Waals surface area (Å²) in [6.45, 7) is 2.06. The minimum atomic E-state index is 0.136. The molecule has 1 atom stereocenters. The maximum absolute atomic E-state index is 5.92. The van der Waals surface area contributed by atoms with Gasteiger partial charge in [-0.15, -0.1) is 0 Å². The van der Waals surface area contributed by atoms with Gasteiger partial charge in [0.15, 0.2) is 0 Å². The van der Waals surface area contributed by atoms with Crippen LogP contribution in [0.3, 0.4) is 0 Å². The summed E-state index contributed by atoms with van der Waals surface area (Å²) >= 11 is 2.18. The number of rotatable bonds is 2. The second-order valence-electron chi connectivity index (χ2n) is 3.28. The first kappa shape index (κ1) is 10.4. The van der Waals surface area contributed by atoms with Gasteiger partial charge in [-0.3, -0.25) is 4.98 Å². The molecular formula is C10H11IN4. The molecule has 5 heteroatoms. The van der Waals surface area contributed by atoms with Crippen molar-refractivity contribution in [1.82, 2.24) is 14.8 Å². The second-order valence-corrected chi connectivity index (χ2v) is 4.44. The monoisotopic (exact) mass is 314 g/mol. The number of nitrogen functional groups attached to an aromatic ring is 1. The zero-order valence-corrected chi connectivity index (χ0v) is 10.4. The molecule has 0 radical (unpaired) electrons. The molecule has 0 spiro atoms. The van der Waals surface area contributed by atoms with E-state index in [2.05, 4.69) is 39.6 Å². The summed E-state index contributed by atoms with van der Waals surface area (Å²) in [4.78, 5) is 3.99. The van der Waals surface area contributed by atoms with Crippen molar-refractivity contribution >= 4 is 28.4 Å². The number of hydrogen-bond acceptors (Lipinski definition) is 3. The lowest BCUT2D eigenvalue weighted by Gasteiger charge is -2.13. The van der Waals surface area contributed by atoms with Crippen LogP contribution in [0.4, 0.5) is 5.82 Å². The number of halogens is 1. The molecular weight excluding hydrogens is 303 g/mol. The average Bonchev–Trinajstić information content (AvgIpc) is 2.60. The maximum atomic E-state index is 5.92. The topological polar surface area (TPSA) is 56.7 Å². The third-order valence-corrected chi connectivity index (χ3v) is 3.17. The van der Waals surface area contributed by atoms with Gasteiger partial charge in [-0.2, -0.15) is 5.10 Å². The Morgan fingerprint density at radius 3 is 2.60 bits per heavy atom. The first-order chi connectivity index (χ1) is 7.20. The molecule has 2 heterocycles. The van der Waals surface area contributed by atoms with E-state index < -0.39 is 0 Å². The van der Waals surface area contributed by atoms with Gasteiger partial charge < -0.3 is 5.73 Å². The highest BCUT2D eigenvalue weighted by Crippen LogP contribution is 2.22. The van der Waals surface area contributed by atoms with Gasteiger partial charge in [0.1, 0.15) is 5.82 Å². The molecule has 0 saturated heterocycles. The number of anilines is 1. The minimum Gasteiger partial charge on any atom is -0.383 e. The number of aromatic nitrogens is 3. The van der Waals surface area contributed by atoms with E-state index in [-0.39, 0.29) is 6.04 Å². The average molecular weight is 314 g/mol. The maximum Gasteiger partial charge on any atom is 0.135 e. The van der Waals surface area contributed by atoms with Crippen LogP contribution < -0.4 is 5.73 Å². The van der Waals surface area contributed by atoms with Crippen molar-refractivity contribution in [3.8, 4) is 0 Å². The van der Waals surface area contributed by atoms with Crippen LogP contribution in [-0.2, 0) is 0 Å². The van der Waals surface area contributed by atoms with Gasteiger partial charge in [0.05, 0.1) is 15.8 Å². The Bertz CT molecular complexity index is 452. The van der Waals surface area contributed by atoms with E-state index in [9.17, 15) is 0 Å². The fraction of sp³-hybridized carbons (Fsp3) is 0.200. The summed E-state index contributed by atoms with van der Waals surface area (Å²) in [7, 11) is 0. The van der Waals surface area contributed by atoms with Crippen LogP contribution in [0.2, 0.25) is 0 Å². The van der Waals surface area contributed by atoms with E-state index in [0.29, 0.717) is 5.82 Å². The molecule has 0 aliphatic heterocycles. The summed E-state index contributed by atoms with van der Waals surface area (Å²) < 4.78 is 2.80. The molecule has 2 rings (SSSR count). The van der Waals surface area contributed by atoms with Gasteiger partial charge in [0, 0.05) is 12.4 Å². The number of nitrogens with zero attached hydrogens (tertiary/aromatic N) is 3. The quantitative estimate of drug-likeness (QED) is 0.864. The molecule has 0 aromatic carbocycles. The van der Waals surface area contributed by atoms with Crippen LogP contribution in [0.5, 0.6) is 0 Å². The summed E-state index contributed by atoms with van der Waals surface area (Å²) in [5.41, 5.74) is 7.07. The molecule has 2 aromatic heterocycles. The Morgan fingerprint density at radius 1 is 1.40 bits per heavy atom. The Labute approximate surface area is 102 Å². The van der Waals surface area contributed by atoms with Crippen LogP contribution in [0, 0.1) is 3.57 Å². The van der Waals surface area contributed by atoms with Gasteiger partial charge >= 0.3 is 0 Å². The Hall–Kier alpha value is -1.11. The normalized spacial score (nSPS) is 12.7. The minimum absolute atomic E-state index is 0.136. The van der Waals surface area contributed by atoms with E-state index >= 15 is 0 Å². The number of hydrogen-bond donors (Lipinski definition) is 1. The van der Waals surface area contributed by atoms with Crippen molar-refractivity contribution in [3.05, 3.63) is 39.9 Å². The van der Waals surface area contributed by atoms with Gasteiger partial charge in [0.25, 0.3) is 0 Å². The van der Waals surface area contributed by atoms with Crippen molar-refractivity contribution < 1.29 is 0 Å². The van der Waals surface area contributed by atoms with Crippen molar-refractivity contribution in [2.24, 2.45) is 0 Å². The van der Waals surface area contributed by atoms with Gasteiger partial charge in [-0.25, -0.2) is 4.68 Å². The first-order valence-electron chi connectivity index (χ1n) is 4.58. The van der Waals surface area contributed by atoms with Crippen LogP contribution in [0.1, 0.15) is 18.5 Å². The smallest absolute Gasteiger partial charge is 0.135 e. The SMILES string of the molecule is CC(c1ccncc1)n1ncc(I)c1N. The zero-order chi connectivity index (χ0) is 10.8. The zero-order valence-electron chi connectivity index (χ0n) is 8.26. The Kier molecular flexibility index (Phi) is 2.90. The fourth-order valence-electron chi connectivity index (χ4n) is 1.44. The van der Waals surface area contributed by atoms with E-state index in [1.165, 1.54) is 0 Å². The highest BCUT2D eigenvalue weighted by Gasteiger charge is 2.12. The van der Waals surface area contributed by atoms with E-state index in [0.717, 1.165) is 9.13 Å². The molecule has 2 N–H and O–H groups in total. The van der Waals surface area contributed by atoms with Crippen molar-refractivity contribution in [3.63, 3.8) is 0 Å². The molecule has 0 aliphatic rings. The van der Waals surface area contributed by atoms with Crippen molar-refractivity contribution in [1.29, 1.82) is 0 Å². The van der Waals surface area contributed by atoms with Gasteiger partial charge in [0.2, 0.25) is 0 Å². The summed E-state index contributed by atoms with van der Waals surface area (Å²) in [5.74, 6) is 0.708. The largest absolute Gasteiger partial charge is 0.383 e. The van der Waals surface area contributed by atoms with Crippen molar-refractivity contribution in [2.75, 3.05) is 5.73 Å². The van der Waals surface area contributed by atoms with Gasteiger partial charge in [-0.05, 0) is 47.2 Å². The molecule has 78 valence electrons. The summed E-state index contributed by atoms with van der Waals surface area (Å²) in [6, 6.07) is 4.08. The van der Waals surface area contributed by atoms with Crippen molar-refractivity contribution in [2.45, 2.75) is 13.0 Å².